The molecule has 0 aromatic heterocycles. The van der Waals surface area contributed by atoms with Crippen LogP contribution in [0.3, 0.4) is 0 Å². The molecule has 0 heterocycles. The number of hydrogen-bond donors (Lipinski definition) is 0. The van der Waals surface area contributed by atoms with Crippen molar-refractivity contribution in [1.82, 2.24) is 0 Å². The molecule has 4 nitrogen and oxygen atoms in total. The van der Waals surface area contributed by atoms with Crippen molar-refractivity contribution in [3.63, 3.8) is 0 Å². The van der Waals surface area contributed by atoms with Gasteiger partial charge in [-0.25, -0.2) is 0 Å². The van der Waals surface area contributed by atoms with E-state index in [9.17, 15) is 8.42 Å². The van der Waals surface area contributed by atoms with Gasteiger partial charge in [0.2, 0.25) is 0 Å². The molecule has 0 aliphatic carbocycles. The molecule has 0 saturated carbocycles. The fraction of sp³-hybridized carbons (Fsp3) is 0.647. The molecule has 0 unspecified atom stereocenters. The Morgan fingerprint density at radius 3 is 2.27 bits per heavy atom. The van der Waals surface area contributed by atoms with Crippen LogP contribution < -0.4 is 4.90 Å². The van der Waals surface area contributed by atoms with Crippen LogP contribution in [0.2, 0.25) is 0 Å². The maximum atomic E-state index is 10.9. The zero-order valence-corrected chi connectivity index (χ0v) is 14.9. The van der Waals surface area contributed by atoms with Gasteiger partial charge in [0.05, 0.1) is 12.9 Å². The molecule has 0 bridgehead atoms. The summed E-state index contributed by atoms with van der Waals surface area (Å²) in [4.78, 5) is 2.27. The van der Waals surface area contributed by atoms with Crippen LogP contribution in [0.15, 0.2) is 24.3 Å². The van der Waals surface area contributed by atoms with Crippen LogP contribution in [0.5, 0.6) is 0 Å². The molecule has 0 N–H and O–H groups in total. The second kappa shape index (κ2) is 9.85. The SMILES string of the molecule is CCCCCCCN(C)c1ccc(CCOS(C)(=O)=O)cc1. The Balaban J connectivity index is 2.33. The predicted molar refractivity (Wildman–Crippen MR) is 93.0 cm³/mol. The molecular weight excluding hydrogens is 298 g/mol. The van der Waals surface area contributed by atoms with Crippen molar-refractivity contribution in [3.8, 4) is 0 Å². The van der Waals surface area contributed by atoms with Crippen molar-refractivity contribution < 1.29 is 12.6 Å². The van der Waals surface area contributed by atoms with Crippen LogP contribution in [0.4, 0.5) is 5.69 Å². The number of rotatable bonds is 11. The van der Waals surface area contributed by atoms with Gasteiger partial charge < -0.3 is 4.90 Å². The first kappa shape index (κ1) is 19.0. The van der Waals surface area contributed by atoms with Gasteiger partial charge in [0.1, 0.15) is 0 Å². The molecule has 0 fully saturated rings. The van der Waals surface area contributed by atoms with Crippen LogP contribution in [0, 0.1) is 0 Å². The first-order valence-electron chi connectivity index (χ1n) is 8.07. The Morgan fingerprint density at radius 1 is 1.05 bits per heavy atom. The normalized spacial score (nSPS) is 11.6. The van der Waals surface area contributed by atoms with E-state index in [4.69, 9.17) is 4.18 Å². The van der Waals surface area contributed by atoms with Crippen LogP contribution in [0.25, 0.3) is 0 Å². The number of unbranched alkanes of at least 4 members (excludes halogenated alkanes) is 4. The molecule has 0 saturated heterocycles. The highest BCUT2D eigenvalue weighted by Crippen LogP contribution is 2.15. The lowest BCUT2D eigenvalue weighted by atomic mass is 10.1. The maximum Gasteiger partial charge on any atom is 0.264 e. The average Bonchev–Trinajstić information content (AvgIpc) is 2.46. The monoisotopic (exact) mass is 327 g/mol. The molecule has 1 aromatic carbocycles. The summed E-state index contributed by atoms with van der Waals surface area (Å²) in [6.45, 7) is 3.50. The molecular formula is C17H29NO3S. The lowest BCUT2D eigenvalue weighted by Gasteiger charge is -2.19. The molecule has 0 aliphatic rings. The summed E-state index contributed by atoms with van der Waals surface area (Å²) in [5.41, 5.74) is 2.28. The Bertz CT molecular complexity index is 511. The van der Waals surface area contributed by atoms with Crippen LogP contribution in [0.1, 0.15) is 44.6 Å². The standard InChI is InChI=1S/C17H29NO3S/c1-4-5-6-7-8-14-18(2)17-11-9-16(10-12-17)13-15-21-22(3,19)20/h9-12H,4-8,13-15H2,1-3H3. The molecule has 0 spiro atoms. The minimum atomic E-state index is -3.34. The van der Waals surface area contributed by atoms with Gasteiger partial charge >= 0.3 is 0 Å². The third-order valence-electron chi connectivity index (χ3n) is 3.66. The first-order chi connectivity index (χ1) is 10.4. The summed E-state index contributed by atoms with van der Waals surface area (Å²) >= 11 is 0. The lowest BCUT2D eigenvalue weighted by Crippen LogP contribution is -2.18. The first-order valence-corrected chi connectivity index (χ1v) is 9.88. The summed E-state index contributed by atoms with van der Waals surface area (Å²) in [5.74, 6) is 0. The predicted octanol–water partition coefficient (Wildman–Crippen LogP) is 3.61. The highest BCUT2D eigenvalue weighted by atomic mass is 32.2. The summed E-state index contributed by atoms with van der Waals surface area (Å²) in [6, 6.07) is 8.24. The number of benzene rings is 1. The van der Waals surface area contributed by atoms with Gasteiger partial charge in [0.25, 0.3) is 10.1 Å². The second-order valence-corrected chi connectivity index (χ2v) is 7.42. The van der Waals surface area contributed by atoms with Crippen molar-refractivity contribution in [2.45, 2.75) is 45.4 Å². The van der Waals surface area contributed by atoms with Crippen LogP contribution in [-0.2, 0) is 20.7 Å². The zero-order valence-electron chi connectivity index (χ0n) is 14.0. The largest absolute Gasteiger partial charge is 0.375 e. The van der Waals surface area contributed by atoms with Crippen molar-refractivity contribution in [2.24, 2.45) is 0 Å². The molecule has 5 heteroatoms. The van der Waals surface area contributed by atoms with Gasteiger partial charge in [-0.3, -0.25) is 4.18 Å². The number of hydrogen-bond acceptors (Lipinski definition) is 4. The van der Waals surface area contributed by atoms with Gasteiger partial charge in [0, 0.05) is 19.3 Å². The van der Waals surface area contributed by atoms with Gasteiger partial charge in [0.15, 0.2) is 0 Å². The third-order valence-corrected chi connectivity index (χ3v) is 4.26. The van der Waals surface area contributed by atoms with Crippen LogP contribution >= 0.6 is 0 Å². The molecule has 1 rings (SSSR count). The molecule has 0 radical (unpaired) electrons. The number of nitrogens with zero attached hydrogens (tertiary/aromatic N) is 1. The lowest BCUT2D eigenvalue weighted by molar-refractivity contribution is 0.326. The molecule has 0 amide bonds. The Labute approximate surface area is 135 Å². The van der Waals surface area contributed by atoms with E-state index < -0.39 is 10.1 Å². The van der Waals surface area contributed by atoms with E-state index in [2.05, 4.69) is 31.0 Å². The van der Waals surface area contributed by atoms with E-state index in [0.717, 1.165) is 18.4 Å². The topological polar surface area (TPSA) is 46.6 Å². The van der Waals surface area contributed by atoms with Crippen LogP contribution in [-0.4, -0.2) is 34.9 Å². The van der Waals surface area contributed by atoms with Gasteiger partial charge in [-0.2, -0.15) is 8.42 Å². The summed E-state index contributed by atoms with van der Waals surface area (Å²) in [7, 11) is -1.23. The molecule has 126 valence electrons. The van der Waals surface area contributed by atoms with E-state index in [1.165, 1.54) is 37.8 Å². The van der Waals surface area contributed by atoms with E-state index in [-0.39, 0.29) is 6.61 Å². The zero-order chi connectivity index (χ0) is 16.4. The fourth-order valence-corrected chi connectivity index (χ4v) is 2.70. The molecule has 22 heavy (non-hydrogen) atoms. The van der Waals surface area contributed by atoms with Crippen molar-refractivity contribution >= 4 is 15.8 Å². The summed E-state index contributed by atoms with van der Waals surface area (Å²) in [6.07, 6.45) is 8.12. The van der Waals surface area contributed by atoms with Crippen molar-refractivity contribution in [2.75, 3.05) is 31.4 Å². The van der Waals surface area contributed by atoms with E-state index in [0.29, 0.717) is 6.42 Å². The minimum absolute atomic E-state index is 0.200. The highest BCUT2D eigenvalue weighted by molar-refractivity contribution is 7.85. The third kappa shape index (κ3) is 8.39. The van der Waals surface area contributed by atoms with Crippen molar-refractivity contribution in [3.05, 3.63) is 29.8 Å². The number of anilines is 1. The molecule has 0 aliphatic heterocycles. The van der Waals surface area contributed by atoms with Gasteiger partial charge in [-0.05, 0) is 30.5 Å². The Kier molecular flexibility index (Phi) is 8.49. The molecule has 1 aromatic rings. The van der Waals surface area contributed by atoms with Gasteiger partial charge in [-0.1, -0.05) is 44.7 Å². The Morgan fingerprint density at radius 2 is 1.68 bits per heavy atom. The second-order valence-electron chi connectivity index (χ2n) is 5.78. The summed E-state index contributed by atoms with van der Waals surface area (Å²) < 4.78 is 26.6. The maximum absolute atomic E-state index is 10.9. The minimum Gasteiger partial charge on any atom is -0.375 e. The van der Waals surface area contributed by atoms with E-state index >= 15 is 0 Å². The highest BCUT2D eigenvalue weighted by Gasteiger charge is 2.03. The smallest absolute Gasteiger partial charge is 0.264 e. The van der Waals surface area contributed by atoms with Gasteiger partial charge in [-0.15, -0.1) is 0 Å². The summed E-state index contributed by atoms with van der Waals surface area (Å²) in [5, 5.41) is 0. The average molecular weight is 327 g/mol. The Hall–Kier alpha value is -1.07. The van der Waals surface area contributed by atoms with E-state index in [1.807, 2.05) is 12.1 Å². The van der Waals surface area contributed by atoms with E-state index in [1.54, 1.807) is 0 Å². The fourth-order valence-electron chi connectivity index (χ4n) is 2.31. The van der Waals surface area contributed by atoms with Crippen molar-refractivity contribution in [1.29, 1.82) is 0 Å². The quantitative estimate of drug-likeness (QED) is 0.460. The molecule has 0 atom stereocenters.